The highest BCUT2D eigenvalue weighted by molar-refractivity contribution is 5.69. The fraction of sp³-hybridized carbons (Fsp3) is 0.538. The Morgan fingerprint density at radius 2 is 2.29 bits per heavy atom. The zero-order chi connectivity index (χ0) is 12.5. The second-order valence-corrected chi connectivity index (χ2v) is 3.76. The van der Waals surface area contributed by atoms with Crippen molar-refractivity contribution >= 4 is 5.97 Å². The van der Waals surface area contributed by atoms with E-state index in [9.17, 15) is 4.79 Å². The topological polar surface area (TPSA) is 48.4 Å². The summed E-state index contributed by atoms with van der Waals surface area (Å²) in [5, 5.41) is 0. The van der Waals surface area contributed by atoms with E-state index >= 15 is 0 Å². The Morgan fingerprint density at radius 1 is 1.47 bits per heavy atom. The average molecular weight is 237 g/mol. The Balaban J connectivity index is 2.16. The van der Waals surface area contributed by atoms with Crippen molar-refractivity contribution in [3.63, 3.8) is 0 Å². The van der Waals surface area contributed by atoms with E-state index < -0.39 is 0 Å². The van der Waals surface area contributed by atoms with E-state index in [2.05, 4.69) is 4.98 Å². The third kappa shape index (κ3) is 6.02. The molecular weight excluding hydrogens is 218 g/mol. The molecule has 17 heavy (non-hydrogen) atoms. The Labute approximate surface area is 102 Å². The van der Waals surface area contributed by atoms with Crippen LogP contribution in [0.5, 0.6) is 0 Å². The van der Waals surface area contributed by atoms with Crippen LogP contribution in [0.4, 0.5) is 0 Å². The molecule has 0 radical (unpaired) electrons. The van der Waals surface area contributed by atoms with Crippen molar-refractivity contribution in [2.24, 2.45) is 0 Å². The van der Waals surface area contributed by atoms with Gasteiger partial charge in [0.1, 0.15) is 0 Å². The summed E-state index contributed by atoms with van der Waals surface area (Å²) in [5.74, 6) is -0.210. The molecule has 0 amide bonds. The Bertz CT molecular complexity index is 327. The summed E-state index contributed by atoms with van der Waals surface area (Å²) < 4.78 is 10.4. The number of carbonyl (C=O) groups excluding carboxylic acids is 1. The molecular formula is C13H19NO3. The summed E-state index contributed by atoms with van der Waals surface area (Å²) in [6.45, 7) is 4.65. The first kappa shape index (κ1) is 13.6. The second kappa shape index (κ2) is 7.79. The number of nitrogens with zero attached hydrogens (tertiary/aromatic N) is 1. The van der Waals surface area contributed by atoms with Gasteiger partial charge in [-0.05, 0) is 26.0 Å². The summed E-state index contributed by atoms with van der Waals surface area (Å²) in [6.07, 6.45) is 2.71. The van der Waals surface area contributed by atoms with Crippen LogP contribution in [0.2, 0.25) is 0 Å². The minimum atomic E-state index is -0.210. The van der Waals surface area contributed by atoms with Crippen molar-refractivity contribution in [2.75, 3.05) is 13.2 Å². The van der Waals surface area contributed by atoms with Crippen molar-refractivity contribution in [1.82, 2.24) is 4.98 Å². The summed E-state index contributed by atoms with van der Waals surface area (Å²) in [7, 11) is 0. The molecule has 0 aliphatic carbocycles. The van der Waals surface area contributed by atoms with Gasteiger partial charge in [0.05, 0.1) is 25.7 Å². The van der Waals surface area contributed by atoms with Crippen molar-refractivity contribution in [3.8, 4) is 0 Å². The third-order valence-corrected chi connectivity index (χ3v) is 2.25. The van der Waals surface area contributed by atoms with Crippen LogP contribution in [0.15, 0.2) is 24.4 Å². The smallest absolute Gasteiger partial charge is 0.308 e. The van der Waals surface area contributed by atoms with Gasteiger partial charge >= 0.3 is 5.97 Å². The Morgan fingerprint density at radius 3 is 2.94 bits per heavy atom. The van der Waals surface area contributed by atoms with Crippen molar-refractivity contribution in [1.29, 1.82) is 0 Å². The maximum Gasteiger partial charge on any atom is 0.308 e. The first-order valence-electron chi connectivity index (χ1n) is 5.89. The lowest BCUT2D eigenvalue weighted by atomic mass is 10.2. The van der Waals surface area contributed by atoms with Gasteiger partial charge in [-0.15, -0.1) is 0 Å². The number of carbonyl (C=O) groups is 1. The fourth-order valence-corrected chi connectivity index (χ4v) is 1.42. The Kier molecular flexibility index (Phi) is 6.25. The van der Waals surface area contributed by atoms with Crippen LogP contribution < -0.4 is 0 Å². The molecule has 1 aromatic heterocycles. The van der Waals surface area contributed by atoms with Crippen LogP contribution in [-0.2, 0) is 20.7 Å². The first-order valence-corrected chi connectivity index (χ1v) is 5.89. The number of rotatable bonds is 7. The molecule has 0 aliphatic rings. The van der Waals surface area contributed by atoms with Crippen LogP contribution >= 0.6 is 0 Å². The molecule has 94 valence electrons. The molecule has 1 heterocycles. The van der Waals surface area contributed by atoms with Gasteiger partial charge in [-0.3, -0.25) is 9.78 Å². The molecule has 0 N–H and O–H groups in total. The van der Waals surface area contributed by atoms with E-state index in [0.29, 0.717) is 19.6 Å². The molecule has 1 aromatic rings. The van der Waals surface area contributed by atoms with E-state index in [4.69, 9.17) is 9.47 Å². The zero-order valence-corrected chi connectivity index (χ0v) is 10.4. The van der Waals surface area contributed by atoms with Crippen LogP contribution in [0, 0.1) is 0 Å². The second-order valence-electron chi connectivity index (χ2n) is 3.76. The lowest BCUT2D eigenvalue weighted by Gasteiger charge is -2.11. The largest absolute Gasteiger partial charge is 0.466 e. The lowest BCUT2D eigenvalue weighted by molar-refractivity contribution is -0.145. The van der Waals surface area contributed by atoms with Crippen LogP contribution in [0.1, 0.15) is 26.0 Å². The quantitative estimate of drug-likeness (QED) is 0.680. The monoisotopic (exact) mass is 237 g/mol. The Hall–Kier alpha value is -1.42. The van der Waals surface area contributed by atoms with Crippen LogP contribution in [-0.4, -0.2) is 30.3 Å². The lowest BCUT2D eigenvalue weighted by Crippen LogP contribution is -2.17. The maximum absolute atomic E-state index is 11.2. The zero-order valence-electron chi connectivity index (χ0n) is 10.4. The number of hydrogen-bond acceptors (Lipinski definition) is 4. The summed E-state index contributed by atoms with van der Waals surface area (Å²) in [4.78, 5) is 15.4. The predicted molar refractivity (Wildman–Crippen MR) is 64.6 cm³/mol. The first-order chi connectivity index (χ1) is 8.22. The minimum absolute atomic E-state index is 0.113. The van der Waals surface area contributed by atoms with Gasteiger partial charge in [-0.25, -0.2) is 0 Å². The van der Waals surface area contributed by atoms with Gasteiger partial charge < -0.3 is 9.47 Å². The summed E-state index contributed by atoms with van der Waals surface area (Å²) >= 11 is 0. The number of aromatic nitrogens is 1. The van der Waals surface area contributed by atoms with Gasteiger partial charge in [0, 0.05) is 18.3 Å². The number of pyridine rings is 1. The molecule has 0 saturated carbocycles. The van der Waals surface area contributed by atoms with Gasteiger partial charge in [0.15, 0.2) is 0 Å². The van der Waals surface area contributed by atoms with Gasteiger partial charge in [-0.1, -0.05) is 6.07 Å². The minimum Gasteiger partial charge on any atom is -0.466 e. The van der Waals surface area contributed by atoms with E-state index in [0.717, 1.165) is 12.1 Å². The SMILES string of the molecule is CCOC(=O)CC(C)OCCc1ccccn1. The molecule has 0 saturated heterocycles. The normalized spacial score (nSPS) is 12.1. The predicted octanol–water partition coefficient (Wildman–Crippen LogP) is 1.98. The van der Waals surface area contributed by atoms with E-state index in [1.807, 2.05) is 25.1 Å². The fourth-order valence-electron chi connectivity index (χ4n) is 1.42. The molecule has 1 atom stereocenters. The van der Waals surface area contributed by atoms with Crippen LogP contribution in [0.25, 0.3) is 0 Å². The van der Waals surface area contributed by atoms with E-state index in [1.54, 1.807) is 13.1 Å². The number of esters is 1. The van der Waals surface area contributed by atoms with E-state index in [-0.39, 0.29) is 12.1 Å². The molecule has 4 heteroatoms. The molecule has 4 nitrogen and oxygen atoms in total. The molecule has 0 aromatic carbocycles. The molecule has 1 unspecified atom stereocenters. The highest BCUT2D eigenvalue weighted by Crippen LogP contribution is 2.02. The van der Waals surface area contributed by atoms with Crippen molar-refractivity contribution in [3.05, 3.63) is 30.1 Å². The molecule has 0 spiro atoms. The van der Waals surface area contributed by atoms with Crippen LogP contribution in [0.3, 0.4) is 0 Å². The standard InChI is InChI=1S/C13H19NO3/c1-3-16-13(15)10-11(2)17-9-7-12-6-4-5-8-14-12/h4-6,8,11H,3,7,9-10H2,1-2H3. The molecule has 0 aliphatic heterocycles. The maximum atomic E-state index is 11.2. The number of ether oxygens (including phenoxy) is 2. The molecule has 0 fully saturated rings. The highest BCUT2D eigenvalue weighted by Gasteiger charge is 2.09. The average Bonchev–Trinajstić information content (AvgIpc) is 2.30. The molecule has 0 bridgehead atoms. The van der Waals surface area contributed by atoms with E-state index in [1.165, 1.54) is 0 Å². The number of hydrogen-bond donors (Lipinski definition) is 0. The van der Waals surface area contributed by atoms with Crippen molar-refractivity contribution < 1.29 is 14.3 Å². The summed E-state index contributed by atoms with van der Waals surface area (Å²) in [5.41, 5.74) is 0.996. The van der Waals surface area contributed by atoms with Crippen molar-refractivity contribution in [2.45, 2.75) is 32.8 Å². The summed E-state index contributed by atoms with van der Waals surface area (Å²) in [6, 6.07) is 5.79. The van der Waals surface area contributed by atoms with Gasteiger partial charge in [-0.2, -0.15) is 0 Å². The highest BCUT2D eigenvalue weighted by atomic mass is 16.5. The van der Waals surface area contributed by atoms with Gasteiger partial charge in [0.25, 0.3) is 0 Å². The third-order valence-electron chi connectivity index (χ3n) is 2.25. The molecule has 1 rings (SSSR count). The van der Waals surface area contributed by atoms with Gasteiger partial charge in [0.2, 0.25) is 0 Å².